The normalized spacial score (nSPS) is 12.0. The predicted molar refractivity (Wildman–Crippen MR) is 31.9 cm³/mol. The van der Waals surface area contributed by atoms with Crippen molar-refractivity contribution in [2.45, 2.75) is 13.1 Å². The number of halogens is 1. The van der Waals surface area contributed by atoms with Gasteiger partial charge in [-0.3, -0.25) is 0 Å². The van der Waals surface area contributed by atoms with Crippen molar-refractivity contribution in [2.75, 3.05) is 0 Å². The van der Waals surface area contributed by atoms with Crippen molar-refractivity contribution in [2.24, 2.45) is 0 Å². The molecule has 0 unspecified atom stereocenters. The van der Waals surface area contributed by atoms with E-state index in [1.165, 1.54) is 0 Å². The molecule has 0 rings (SSSR count). The lowest BCUT2D eigenvalue weighted by Crippen LogP contribution is -2.04. The molecule has 0 amide bonds. The molecule has 0 fully saturated rings. The van der Waals surface area contributed by atoms with Gasteiger partial charge in [-0.25, -0.2) is 0 Å². The van der Waals surface area contributed by atoms with Gasteiger partial charge < -0.3 is 0 Å². The highest BCUT2D eigenvalue weighted by molar-refractivity contribution is 7.32. The highest BCUT2D eigenvalue weighted by Gasteiger charge is 1.87. The minimum Gasteiger partial charge on any atom is -0.180 e. The molecular formula is C2H8ClSi2. The average molecular weight is 124 g/mol. The van der Waals surface area contributed by atoms with Crippen molar-refractivity contribution >= 4 is 27.7 Å². The Labute approximate surface area is 41.5 Å². The average Bonchev–Trinajstić information content (AvgIpc) is 1.38. The summed E-state index contributed by atoms with van der Waals surface area (Å²) in [5.74, 6) is 0. The van der Waals surface area contributed by atoms with E-state index in [1.807, 2.05) is 0 Å². The Hall–Kier alpha value is 0.724. The van der Waals surface area contributed by atoms with Crippen LogP contribution in [0.4, 0.5) is 0 Å². The van der Waals surface area contributed by atoms with Gasteiger partial charge in [0.25, 0.3) is 0 Å². The summed E-state index contributed by atoms with van der Waals surface area (Å²) in [6.45, 7) is 4.51. The zero-order valence-electron chi connectivity index (χ0n) is 3.59. The maximum Gasteiger partial charge on any atom is 0.114 e. The van der Waals surface area contributed by atoms with E-state index < -0.39 is 0 Å². The molecule has 0 saturated carbocycles. The topological polar surface area (TPSA) is 0 Å². The fourth-order valence-corrected chi connectivity index (χ4v) is 0. The predicted octanol–water partition coefficient (Wildman–Crippen LogP) is 0.560. The molecule has 0 aliphatic rings. The van der Waals surface area contributed by atoms with Crippen LogP contribution in [0.3, 0.4) is 0 Å². The lowest BCUT2D eigenvalue weighted by Gasteiger charge is -1.83. The first-order chi connectivity index (χ1) is 2.27. The Morgan fingerprint density at radius 3 is 1.80 bits per heavy atom. The molecule has 31 valence electrons. The van der Waals surface area contributed by atoms with Crippen LogP contribution in [0.15, 0.2) is 0 Å². The van der Waals surface area contributed by atoms with Gasteiger partial charge >= 0.3 is 0 Å². The third-order valence-electron chi connectivity index (χ3n) is 0.267. The second-order valence-electron chi connectivity index (χ2n) is 1.34. The molecule has 0 spiro atoms. The quantitative estimate of drug-likeness (QED) is 0.353. The first kappa shape index (κ1) is 5.72. The molecule has 0 atom stereocenters. The molecule has 5 heavy (non-hydrogen) atoms. The molecule has 0 aromatic heterocycles. The van der Waals surface area contributed by atoms with Gasteiger partial charge in [-0.2, -0.15) is 11.1 Å². The summed E-state index contributed by atoms with van der Waals surface area (Å²) in [6.07, 6.45) is 0. The monoisotopic (exact) mass is 123 g/mol. The van der Waals surface area contributed by atoms with Crippen LogP contribution in [0.5, 0.6) is 0 Å². The van der Waals surface area contributed by atoms with Gasteiger partial charge in [-0.15, -0.1) is 0 Å². The summed E-state index contributed by atoms with van der Waals surface area (Å²) in [6, 6.07) is 0. The highest BCUT2D eigenvalue weighted by Crippen LogP contribution is 1.76. The molecule has 0 aliphatic carbocycles. The number of rotatable bonds is 1. The van der Waals surface area contributed by atoms with Crippen molar-refractivity contribution in [1.82, 2.24) is 0 Å². The third kappa shape index (κ3) is 4.72. The van der Waals surface area contributed by atoms with Gasteiger partial charge in [0, 0.05) is 8.31 Å². The summed E-state index contributed by atoms with van der Waals surface area (Å²) < 4.78 is 0. The molecule has 0 aromatic carbocycles. The van der Waals surface area contributed by atoms with Crippen LogP contribution >= 0.6 is 11.1 Å². The second-order valence-corrected chi connectivity index (χ2v) is 11.5. The summed E-state index contributed by atoms with van der Waals surface area (Å²) >= 11 is 5.52. The van der Waals surface area contributed by atoms with Crippen molar-refractivity contribution in [1.29, 1.82) is 0 Å². The fraction of sp³-hybridized carbons (Fsp3) is 1.00. The van der Waals surface area contributed by atoms with Crippen LogP contribution in [0.1, 0.15) is 0 Å². The lowest BCUT2D eigenvalue weighted by atomic mass is 11.9. The van der Waals surface area contributed by atoms with Crippen molar-refractivity contribution in [3.63, 3.8) is 0 Å². The van der Waals surface area contributed by atoms with Crippen LogP contribution in [0.25, 0.3) is 0 Å². The van der Waals surface area contributed by atoms with Gasteiger partial charge in [0.2, 0.25) is 0 Å². The maximum atomic E-state index is 5.52. The van der Waals surface area contributed by atoms with Gasteiger partial charge in [0.1, 0.15) is 8.35 Å². The zero-order valence-corrected chi connectivity index (χ0v) is 6.76. The Bertz CT molecular complexity index is 21.6. The van der Waals surface area contributed by atoms with Crippen molar-refractivity contribution in [3.8, 4) is 0 Å². The minimum atomic E-state index is -0.0772. The smallest absolute Gasteiger partial charge is 0.114 e. The summed E-state index contributed by atoms with van der Waals surface area (Å²) in [4.78, 5) is 0. The van der Waals surface area contributed by atoms with Crippen molar-refractivity contribution < 1.29 is 0 Å². The summed E-state index contributed by atoms with van der Waals surface area (Å²) in [5.41, 5.74) is 0. The Kier molecular flexibility index (Phi) is 3.36. The standard InChI is InChI=1S/C2H8ClSi2/c1-5(2)4-3/h4H2,1-2H3. The molecule has 0 aliphatic heterocycles. The van der Waals surface area contributed by atoms with Gasteiger partial charge in [0.05, 0.1) is 0 Å². The van der Waals surface area contributed by atoms with E-state index in [2.05, 4.69) is 13.1 Å². The third-order valence-corrected chi connectivity index (χ3v) is 7.22. The van der Waals surface area contributed by atoms with Crippen LogP contribution < -0.4 is 0 Å². The van der Waals surface area contributed by atoms with Gasteiger partial charge in [0.15, 0.2) is 0 Å². The SMILES string of the molecule is C[Si](C)[SiH2]Cl. The second kappa shape index (κ2) is 2.94. The molecule has 0 bridgehead atoms. The van der Waals surface area contributed by atoms with E-state index >= 15 is 0 Å². The maximum absolute atomic E-state index is 5.52. The summed E-state index contributed by atoms with van der Waals surface area (Å²) in [7, 11) is -0.0468. The van der Waals surface area contributed by atoms with E-state index in [-0.39, 0.29) is 16.7 Å². The lowest BCUT2D eigenvalue weighted by molar-refractivity contribution is 2.10. The molecule has 0 aromatic rings. The Morgan fingerprint density at radius 2 is 1.80 bits per heavy atom. The Balaban J connectivity index is 2.54. The summed E-state index contributed by atoms with van der Waals surface area (Å²) in [5, 5.41) is 0. The molecule has 1 radical (unpaired) electrons. The zero-order chi connectivity index (χ0) is 4.28. The van der Waals surface area contributed by atoms with E-state index in [9.17, 15) is 0 Å². The number of hydrogen-bond donors (Lipinski definition) is 0. The van der Waals surface area contributed by atoms with Crippen molar-refractivity contribution in [3.05, 3.63) is 0 Å². The van der Waals surface area contributed by atoms with Gasteiger partial charge in [-0.1, -0.05) is 13.1 Å². The highest BCUT2D eigenvalue weighted by atomic mass is 35.6. The van der Waals surface area contributed by atoms with Crippen LogP contribution in [-0.4, -0.2) is 16.7 Å². The van der Waals surface area contributed by atoms with E-state index in [1.54, 1.807) is 0 Å². The molecule has 0 nitrogen and oxygen atoms in total. The fourth-order valence-electron chi connectivity index (χ4n) is 0. The first-order valence-electron chi connectivity index (χ1n) is 1.62. The van der Waals surface area contributed by atoms with Crippen LogP contribution in [0, 0.1) is 0 Å². The van der Waals surface area contributed by atoms with E-state index in [4.69, 9.17) is 11.1 Å². The molecule has 3 heteroatoms. The van der Waals surface area contributed by atoms with Gasteiger partial charge in [-0.05, 0) is 0 Å². The van der Waals surface area contributed by atoms with Crippen LogP contribution in [0.2, 0.25) is 13.1 Å². The van der Waals surface area contributed by atoms with E-state index in [0.717, 1.165) is 0 Å². The Morgan fingerprint density at radius 1 is 1.60 bits per heavy atom. The molecule has 0 heterocycles. The first-order valence-corrected chi connectivity index (χ1v) is 8.59. The molecule has 0 saturated heterocycles. The van der Waals surface area contributed by atoms with E-state index in [0.29, 0.717) is 0 Å². The minimum absolute atomic E-state index is 0.0303. The molecular weight excluding hydrogens is 116 g/mol. The largest absolute Gasteiger partial charge is 0.180 e. The number of hydrogen-bond acceptors (Lipinski definition) is 0. The van der Waals surface area contributed by atoms with Crippen LogP contribution in [-0.2, 0) is 0 Å². The molecule has 0 N–H and O–H groups in total.